The summed E-state index contributed by atoms with van der Waals surface area (Å²) in [4.78, 5) is 40.5. The molecule has 0 aliphatic carbocycles. The molecule has 0 radical (unpaired) electrons. The maximum Gasteiger partial charge on any atom is 0.289 e. The highest BCUT2D eigenvalue weighted by Crippen LogP contribution is 2.27. The van der Waals surface area contributed by atoms with Crippen LogP contribution in [0.5, 0.6) is 5.75 Å². The van der Waals surface area contributed by atoms with E-state index in [0.717, 1.165) is 28.5 Å². The maximum atomic E-state index is 12.3. The van der Waals surface area contributed by atoms with Crippen molar-refractivity contribution in [3.8, 4) is 16.9 Å². The van der Waals surface area contributed by atoms with E-state index in [1.165, 1.54) is 17.0 Å². The molecule has 1 aliphatic rings. The summed E-state index contributed by atoms with van der Waals surface area (Å²) >= 11 is 1.01. The van der Waals surface area contributed by atoms with E-state index in [1.54, 1.807) is 36.7 Å². The van der Waals surface area contributed by atoms with Crippen LogP contribution in [0.15, 0.2) is 73.1 Å². The molecule has 0 spiro atoms. The highest BCUT2D eigenvalue weighted by Gasteiger charge is 2.36. The first-order valence-corrected chi connectivity index (χ1v) is 11.4. The molecule has 1 aliphatic heterocycles. The number of benzene rings is 2. The first kappa shape index (κ1) is 22.5. The fraction of sp³-hybridized carbons (Fsp3) is 0.208. The second-order valence-electron chi connectivity index (χ2n) is 7.51. The third-order valence-corrected chi connectivity index (χ3v) is 6.19. The van der Waals surface area contributed by atoms with Crippen LogP contribution in [0.25, 0.3) is 11.1 Å². The summed E-state index contributed by atoms with van der Waals surface area (Å²) in [7, 11) is 0. The summed E-state index contributed by atoms with van der Waals surface area (Å²) in [5.41, 5.74) is 2.66. The zero-order chi connectivity index (χ0) is 23.2. The zero-order valence-corrected chi connectivity index (χ0v) is 18.4. The Morgan fingerprint density at radius 3 is 2.48 bits per heavy atom. The second kappa shape index (κ2) is 10.3. The lowest BCUT2D eigenvalue weighted by molar-refractivity contribution is -0.384. The lowest BCUT2D eigenvalue weighted by Gasteiger charge is -2.25. The van der Waals surface area contributed by atoms with Crippen LogP contribution in [-0.4, -0.2) is 44.4 Å². The van der Waals surface area contributed by atoms with Crippen molar-refractivity contribution in [1.29, 1.82) is 0 Å². The number of nitrogens with zero attached hydrogens (tertiary/aromatic N) is 3. The van der Waals surface area contributed by atoms with Gasteiger partial charge in [-0.2, -0.15) is 0 Å². The van der Waals surface area contributed by atoms with Crippen molar-refractivity contribution in [3.63, 3.8) is 0 Å². The third kappa shape index (κ3) is 5.56. The lowest BCUT2D eigenvalue weighted by Crippen LogP contribution is -2.43. The Balaban J connectivity index is 1.44. The number of nitro groups is 1. The predicted octanol–water partition coefficient (Wildman–Crippen LogP) is 4.73. The lowest BCUT2D eigenvalue weighted by atomic mass is 10.0. The van der Waals surface area contributed by atoms with Gasteiger partial charge in [-0.1, -0.05) is 36.0 Å². The highest BCUT2D eigenvalue weighted by atomic mass is 32.2. The molecule has 1 atom stereocenters. The molecule has 0 N–H and O–H groups in total. The van der Waals surface area contributed by atoms with Crippen LogP contribution in [0.1, 0.15) is 12.0 Å². The first-order valence-electron chi connectivity index (χ1n) is 10.4. The number of carbonyl (C=O) groups excluding carboxylic acids is 2. The van der Waals surface area contributed by atoms with Gasteiger partial charge in [-0.05, 0) is 53.8 Å². The summed E-state index contributed by atoms with van der Waals surface area (Å²) in [6, 6.07) is 17.1. The van der Waals surface area contributed by atoms with Crippen molar-refractivity contribution in [2.75, 3.05) is 12.4 Å². The zero-order valence-electron chi connectivity index (χ0n) is 17.6. The number of carbonyl (C=O) groups is 2. The molecule has 2 aromatic carbocycles. The third-order valence-electron chi connectivity index (χ3n) is 5.35. The number of amides is 2. The number of non-ortho nitro benzene ring substituents is 1. The number of pyridine rings is 1. The summed E-state index contributed by atoms with van der Waals surface area (Å²) < 4.78 is 5.94. The summed E-state index contributed by atoms with van der Waals surface area (Å²) in [5.74, 6) is 0.543. The number of aryl methyl sites for hydroxylation is 1. The van der Waals surface area contributed by atoms with Gasteiger partial charge in [-0.25, -0.2) is 0 Å². The van der Waals surface area contributed by atoms with Gasteiger partial charge in [-0.15, -0.1) is 0 Å². The number of hydrogen-bond acceptors (Lipinski definition) is 7. The standard InChI is InChI=1S/C24H21N3O5S/c28-23-16-33-24(29)26(23)21(7-4-17-10-12-25-13-11-17)15-32-22-8-5-18(6-9-22)19-2-1-3-20(14-19)27(30)31/h1-3,5-6,8-14,21H,4,7,15-16H2/t21-/m1/s1. The normalized spacial score (nSPS) is 14.4. The summed E-state index contributed by atoms with van der Waals surface area (Å²) in [6.45, 7) is 0.180. The van der Waals surface area contributed by atoms with Gasteiger partial charge in [0.05, 0.1) is 16.7 Å². The van der Waals surface area contributed by atoms with Crippen molar-refractivity contribution >= 4 is 28.6 Å². The smallest absolute Gasteiger partial charge is 0.289 e. The largest absolute Gasteiger partial charge is 0.491 e. The van der Waals surface area contributed by atoms with E-state index in [4.69, 9.17) is 4.74 Å². The van der Waals surface area contributed by atoms with Crippen molar-refractivity contribution in [2.24, 2.45) is 0 Å². The quantitative estimate of drug-likeness (QED) is 0.334. The molecule has 2 heterocycles. The van der Waals surface area contributed by atoms with E-state index in [-0.39, 0.29) is 35.2 Å². The van der Waals surface area contributed by atoms with Crippen LogP contribution in [0.3, 0.4) is 0 Å². The van der Waals surface area contributed by atoms with Crippen LogP contribution < -0.4 is 4.74 Å². The molecule has 2 amide bonds. The average molecular weight is 464 g/mol. The van der Waals surface area contributed by atoms with Gasteiger partial charge in [0.25, 0.3) is 10.9 Å². The number of nitro benzene ring substituents is 1. The molecule has 0 saturated carbocycles. The Labute approximate surface area is 194 Å². The number of hydrogen-bond donors (Lipinski definition) is 0. The van der Waals surface area contributed by atoms with E-state index >= 15 is 0 Å². The predicted molar refractivity (Wildman–Crippen MR) is 125 cm³/mol. The molecule has 9 heteroatoms. The van der Waals surface area contributed by atoms with Gasteiger partial charge < -0.3 is 4.74 Å². The molecule has 8 nitrogen and oxygen atoms in total. The van der Waals surface area contributed by atoms with Gasteiger partial charge in [0.15, 0.2) is 0 Å². The molecule has 33 heavy (non-hydrogen) atoms. The molecule has 1 fully saturated rings. The second-order valence-corrected chi connectivity index (χ2v) is 8.44. The van der Waals surface area contributed by atoms with Gasteiger partial charge in [-0.3, -0.25) is 29.6 Å². The molecule has 0 unspecified atom stereocenters. The Bertz CT molecular complexity index is 1140. The van der Waals surface area contributed by atoms with Crippen LogP contribution in [0.4, 0.5) is 10.5 Å². The minimum Gasteiger partial charge on any atom is -0.491 e. The van der Waals surface area contributed by atoms with Crippen LogP contribution in [0.2, 0.25) is 0 Å². The summed E-state index contributed by atoms with van der Waals surface area (Å²) in [5, 5.41) is 10.8. The van der Waals surface area contributed by atoms with E-state index in [0.29, 0.717) is 18.6 Å². The molecule has 1 aromatic heterocycles. The SMILES string of the molecule is O=C1CSC(=O)N1[C@H](CCc1ccncc1)COc1ccc(-c2cccc([N+](=O)[O-])c2)cc1. The molecule has 4 rings (SSSR count). The van der Waals surface area contributed by atoms with E-state index in [2.05, 4.69) is 4.98 Å². The number of thioether (sulfide) groups is 1. The monoisotopic (exact) mass is 463 g/mol. The number of ether oxygens (including phenoxy) is 1. The fourth-order valence-electron chi connectivity index (χ4n) is 3.62. The van der Waals surface area contributed by atoms with Gasteiger partial charge in [0.1, 0.15) is 12.4 Å². The van der Waals surface area contributed by atoms with E-state index in [9.17, 15) is 19.7 Å². The van der Waals surface area contributed by atoms with Crippen molar-refractivity contribution in [3.05, 3.63) is 88.7 Å². The molecule has 1 saturated heterocycles. The first-order chi connectivity index (χ1) is 16.0. The Hall–Kier alpha value is -3.72. The molecule has 3 aromatic rings. The van der Waals surface area contributed by atoms with Crippen molar-refractivity contribution in [2.45, 2.75) is 18.9 Å². The van der Waals surface area contributed by atoms with Crippen LogP contribution in [-0.2, 0) is 11.2 Å². The minimum atomic E-state index is -0.424. The Morgan fingerprint density at radius 1 is 1.06 bits per heavy atom. The van der Waals surface area contributed by atoms with Crippen LogP contribution in [0, 0.1) is 10.1 Å². The minimum absolute atomic E-state index is 0.0303. The van der Waals surface area contributed by atoms with Crippen molar-refractivity contribution < 1.29 is 19.2 Å². The highest BCUT2D eigenvalue weighted by molar-refractivity contribution is 8.14. The molecule has 168 valence electrons. The Kier molecular flexibility index (Phi) is 6.99. The van der Waals surface area contributed by atoms with Gasteiger partial charge in [0, 0.05) is 24.5 Å². The van der Waals surface area contributed by atoms with Gasteiger partial charge in [0.2, 0.25) is 5.91 Å². The topological polar surface area (TPSA) is 103 Å². The van der Waals surface area contributed by atoms with Gasteiger partial charge >= 0.3 is 0 Å². The fourth-order valence-corrected chi connectivity index (χ4v) is 4.40. The number of rotatable bonds is 9. The molecule has 0 bridgehead atoms. The van der Waals surface area contributed by atoms with Crippen LogP contribution >= 0.6 is 11.8 Å². The number of aromatic nitrogens is 1. The average Bonchev–Trinajstić information content (AvgIpc) is 3.18. The maximum absolute atomic E-state index is 12.3. The van der Waals surface area contributed by atoms with Crippen molar-refractivity contribution in [1.82, 2.24) is 9.88 Å². The number of imide groups is 1. The molecular weight excluding hydrogens is 442 g/mol. The van der Waals surface area contributed by atoms with E-state index < -0.39 is 4.92 Å². The Morgan fingerprint density at radius 2 is 1.82 bits per heavy atom. The summed E-state index contributed by atoms with van der Waals surface area (Å²) in [6.07, 6.45) is 4.69. The van der Waals surface area contributed by atoms with E-state index in [1.807, 2.05) is 24.3 Å². The molecular formula is C24H21N3O5S.